The number of anilines is 1. The summed E-state index contributed by atoms with van der Waals surface area (Å²) in [7, 11) is 0. The van der Waals surface area contributed by atoms with Gasteiger partial charge in [0.15, 0.2) is 0 Å². The summed E-state index contributed by atoms with van der Waals surface area (Å²) in [6.45, 7) is 11.7. The van der Waals surface area contributed by atoms with E-state index in [0.29, 0.717) is 12.0 Å². The number of piperazine rings is 1. The Balaban J connectivity index is 2.30. The summed E-state index contributed by atoms with van der Waals surface area (Å²) in [4.78, 5) is 11.7. The molecule has 1 aliphatic heterocycles. The standard InChI is InChI=1S/C14H24N4/c1-5-12-9-15-6-7-18(12)14-16-11(4)8-13(17-14)10(2)3/h8,10,12,15H,5-7,9H2,1-4H3. The van der Waals surface area contributed by atoms with E-state index >= 15 is 0 Å². The van der Waals surface area contributed by atoms with Crippen LogP contribution in [0.2, 0.25) is 0 Å². The van der Waals surface area contributed by atoms with Crippen molar-refractivity contribution < 1.29 is 0 Å². The molecule has 1 fully saturated rings. The van der Waals surface area contributed by atoms with Gasteiger partial charge in [0.05, 0.1) is 0 Å². The van der Waals surface area contributed by atoms with Gasteiger partial charge in [-0.2, -0.15) is 0 Å². The average Bonchev–Trinajstić information content (AvgIpc) is 2.38. The Morgan fingerprint density at radius 2 is 2.22 bits per heavy atom. The molecule has 1 atom stereocenters. The summed E-state index contributed by atoms with van der Waals surface area (Å²) >= 11 is 0. The van der Waals surface area contributed by atoms with Gasteiger partial charge < -0.3 is 10.2 Å². The molecule has 100 valence electrons. The van der Waals surface area contributed by atoms with E-state index in [-0.39, 0.29) is 0 Å². The van der Waals surface area contributed by atoms with Crippen LogP contribution in [0.4, 0.5) is 5.95 Å². The van der Waals surface area contributed by atoms with Crippen molar-refractivity contribution >= 4 is 5.95 Å². The Morgan fingerprint density at radius 3 is 2.89 bits per heavy atom. The number of nitrogens with zero attached hydrogens (tertiary/aromatic N) is 3. The minimum atomic E-state index is 0.452. The number of nitrogens with one attached hydrogen (secondary N) is 1. The van der Waals surface area contributed by atoms with Crippen LogP contribution in [-0.2, 0) is 0 Å². The van der Waals surface area contributed by atoms with Crippen LogP contribution in [0.3, 0.4) is 0 Å². The smallest absolute Gasteiger partial charge is 0.226 e. The minimum Gasteiger partial charge on any atom is -0.335 e. The fraction of sp³-hybridized carbons (Fsp3) is 0.714. The second-order valence-corrected chi connectivity index (χ2v) is 5.35. The quantitative estimate of drug-likeness (QED) is 0.889. The van der Waals surface area contributed by atoms with Gasteiger partial charge in [0.2, 0.25) is 5.95 Å². The number of aryl methyl sites for hydroxylation is 1. The van der Waals surface area contributed by atoms with E-state index in [2.05, 4.69) is 49.0 Å². The summed E-state index contributed by atoms with van der Waals surface area (Å²) in [5.41, 5.74) is 2.21. The van der Waals surface area contributed by atoms with Gasteiger partial charge in [-0.15, -0.1) is 0 Å². The van der Waals surface area contributed by atoms with Gasteiger partial charge >= 0.3 is 0 Å². The Morgan fingerprint density at radius 1 is 1.44 bits per heavy atom. The van der Waals surface area contributed by atoms with Crippen molar-refractivity contribution in [3.63, 3.8) is 0 Å². The molecule has 0 saturated carbocycles. The van der Waals surface area contributed by atoms with Crippen LogP contribution in [0.5, 0.6) is 0 Å². The van der Waals surface area contributed by atoms with Crippen LogP contribution >= 0.6 is 0 Å². The van der Waals surface area contributed by atoms with Gasteiger partial charge in [0.25, 0.3) is 0 Å². The maximum atomic E-state index is 4.74. The monoisotopic (exact) mass is 248 g/mol. The van der Waals surface area contributed by atoms with E-state index < -0.39 is 0 Å². The molecule has 0 spiro atoms. The van der Waals surface area contributed by atoms with Crippen molar-refractivity contribution in [1.29, 1.82) is 0 Å². The van der Waals surface area contributed by atoms with Gasteiger partial charge in [-0.1, -0.05) is 20.8 Å². The van der Waals surface area contributed by atoms with E-state index in [1.165, 1.54) is 0 Å². The lowest BCUT2D eigenvalue weighted by Crippen LogP contribution is -2.51. The van der Waals surface area contributed by atoms with Crippen molar-refractivity contribution in [1.82, 2.24) is 15.3 Å². The normalized spacial score (nSPS) is 20.5. The second kappa shape index (κ2) is 5.65. The predicted molar refractivity (Wildman–Crippen MR) is 75.2 cm³/mol. The van der Waals surface area contributed by atoms with Gasteiger partial charge in [0, 0.05) is 37.1 Å². The Bertz CT molecular complexity index is 403. The molecule has 0 amide bonds. The molecule has 0 aliphatic carbocycles. The first-order valence-electron chi connectivity index (χ1n) is 6.94. The molecule has 0 aromatic carbocycles. The topological polar surface area (TPSA) is 41.0 Å². The van der Waals surface area contributed by atoms with Crippen LogP contribution in [0.1, 0.15) is 44.5 Å². The van der Waals surface area contributed by atoms with Crippen molar-refractivity contribution in [2.75, 3.05) is 24.5 Å². The predicted octanol–water partition coefficient (Wildman–Crippen LogP) is 2.10. The van der Waals surface area contributed by atoms with Crippen LogP contribution in [0.15, 0.2) is 6.07 Å². The fourth-order valence-corrected chi connectivity index (χ4v) is 2.39. The Labute approximate surface area is 110 Å². The summed E-state index contributed by atoms with van der Waals surface area (Å²) in [5, 5.41) is 3.44. The van der Waals surface area contributed by atoms with Crippen LogP contribution < -0.4 is 10.2 Å². The van der Waals surface area contributed by atoms with Gasteiger partial charge in [0.1, 0.15) is 0 Å². The summed E-state index contributed by atoms with van der Waals surface area (Å²) < 4.78 is 0. The third-order valence-electron chi connectivity index (χ3n) is 3.53. The molecule has 1 saturated heterocycles. The molecule has 4 heteroatoms. The van der Waals surface area contributed by atoms with E-state index in [1.807, 2.05) is 0 Å². The molecule has 1 aliphatic rings. The first-order valence-corrected chi connectivity index (χ1v) is 6.94. The summed E-state index contributed by atoms with van der Waals surface area (Å²) in [6, 6.07) is 2.61. The largest absolute Gasteiger partial charge is 0.335 e. The highest BCUT2D eigenvalue weighted by atomic mass is 15.3. The van der Waals surface area contributed by atoms with Gasteiger partial charge in [-0.25, -0.2) is 9.97 Å². The second-order valence-electron chi connectivity index (χ2n) is 5.35. The fourth-order valence-electron chi connectivity index (χ4n) is 2.39. The van der Waals surface area contributed by atoms with Gasteiger partial charge in [-0.3, -0.25) is 0 Å². The molecule has 2 heterocycles. The molecule has 1 unspecified atom stereocenters. The summed E-state index contributed by atoms with van der Waals surface area (Å²) in [6.07, 6.45) is 1.13. The number of aromatic nitrogens is 2. The summed E-state index contributed by atoms with van der Waals surface area (Å²) in [5.74, 6) is 1.36. The van der Waals surface area contributed by atoms with Gasteiger partial charge in [-0.05, 0) is 25.3 Å². The van der Waals surface area contributed by atoms with Crippen LogP contribution in [0, 0.1) is 6.92 Å². The van der Waals surface area contributed by atoms with Crippen LogP contribution in [-0.4, -0.2) is 35.6 Å². The Kier molecular flexibility index (Phi) is 4.17. The molecule has 2 rings (SSSR count). The molecular weight excluding hydrogens is 224 g/mol. The van der Waals surface area contributed by atoms with Crippen molar-refractivity contribution in [2.24, 2.45) is 0 Å². The zero-order valence-electron chi connectivity index (χ0n) is 11.9. The maximum Gasteiger partial charge on any atom is 0.226 e. The molecule has 0 radical (unpaired) electrons. The molecule has 1 aromatic heterocycles. The first-order chi connectivity index (χ1) is 8.61. The molecule has 18 heavy (non-hydrogen) atoms. The lowest BCUT2D eigenvalue weighted by molar-refractivity contribution is 0.458. The molecule has 1 N–H and O–H groups in total. The SMILES string of the molecule is CCC1CNCCN1c1nc(C)cc(C(C)C)n1. The lowest BCUT2D eigenvalue weighted by atomic mass is 10.1. The average molecular weight is 248 g/mol. The van der Waals surface area contributed by atoms with Crippen LogP contribution in [0.25, 0.3) is 0 Å². The molecule has 0 bridgehead atoms. The molecular formula is C14H24N4. The van der Waals surface area contributed by atoms with E-state index in [0.717, 1.165) is 43.4 Å². The van der Waals surface area contributed by atoms with E-state index in [1.54, 1.807) is 0 Å². The number of rotatable bonds is 3. The zero-order valence-corrected chi connectivity index (χ0v) is 11.9. The van der Waals surface area contributed by atoms with E-state index in [9.17, 15) is 0 Å². The third-order valence-corrected chi connectivity index (χ3v) is 3.53. The highest BCUT2D eigenvalue weighted by molar-refractivity contribution is 5.35. The van der Waals surface area contributed by atoms with Crippen molar-refractivity contribution in [2.45, 2.75) is 46.1 Å². The highest BCUT2D eigenvalue weighted by Gasteiger charge is 2.23. The molecule has 4 nitrogen and oxygen atoms in total. The number of hydrogen-bond donors (Lipinski definition) is 1. The third kappa shape index (κ3) is 2.80. The number of hydrogen-bond acceptors (Lipinski definition) is 4. The highest BCUT2D eigenvalue weighted by Crippen LogP contribution is 2.20. The minimum absolute atomic E-state index is 0.452. The Hall–Kier alpha value is -1.16. The van der Waals surface area contributed by atoms with Crippen molar-refractivity contribution in [3.8, 4) is 0 Å². The maximum absolute atomic E-state index is 4.74. The zero-order chi connectivity index (χ0) is 13.1. The van der Waals surface area contributed by atoms with Crippen molar-refractivity contribution in [3.05, 3.63) is 17.5 Å². The lowest BCUT2D eigenvalue weighted by Gasteiger charge is -2.36. The van der Waals surface area contributed by atoms with E-state index in [4.69, 9.17) is 4.98 Å². The first kappa shape index (κ1) is 13.3. The molecule has 1 aromatic rings.